The van der Waals surface area contributed by atoms with Crippen LogP contribution in [0.15, 0.2) is 18.3 Å². The molecule has 0 aliphatic heterocycles. The summed E-state index contributed by atoms with van der Waals surface area (Å²) in [6, 6.07) is 1.99. The Morgan fingerprint density at radius 3 is 2.50 bits per heavy atom. The molecule has 112 valence electrons. The normalized spacial score (nSPS) is 11.4. The van der Waals surface area contributed by atoms with Crippen molar-refractivity contribution in [1.82, 2.24) is 9.88 Å². The fourth-order valence-electron chi connectivity index (χ4n) is 1.61. The minimum Gasteiger partial charge on any atom is -0.340 e. The number of carbonyl (C=O) groups is 1. The van der Waals surface area contributed by atoms with Crippen molar-refractivity contribution in [2.45, 2.75) is 25.4 Å². The van der Waals surface area contributed by atoms with Gasteiger partial charge in [-0.05, 0) is 25.0 Å². The Labute approximate surface area is 124 Å². The molecule has 1 rings (SSSR count). The molecule has 0 aliphatic rings. The topological polar surface area (TPSA) is 33.2 Å². The van der Waals surface area contributed by atoms with Crippen LogP contribution >= 0.6 is 15.9 Å². The predicted molar refractivity (Wildman–Crippen MR) is 73.8 cm³/mol. The van der Waals surface area contributed by atoms with Crippen LogP contribution < -0.4 is 0 Å². The third-order valence-corrected chi connectivity index (χ3v) is 3.34. The molecule has 0 saturated heterocycles. The highest BCUT2D eigenvalue weighted by Gasteiger charge is 2.31. The van der Waals surface area contributed by atoms with E-state index in [0.29, 0.717) is 12.7 Å². The SMILES string of the molecule is CN(CCCCCBr)C(=O)c1ccc(C(F)(F)F)cn1. The van der Waals surface area contributed by atoms with E-state index < -0.39 is 11.7 Å². The summed E-state index contributed by atoms with van der Waals surface area (Å²) < 4.78 is 37.1. The lowest BCUT2D eigenvalue weighted by molar-refractivity contribution is -0.137. The minimum atomic E-state index is -4.43. The van der Waals surface area contributed by atoms with E-state index in [1.54, 1.807) is 7.05 Å². The van der Waals surface area contributed by atoms with Gasteiger partial charge >= 0.3 is 6.18 Å². The van der Waals surface area contributed by atoms with Crippen LogP contribution in [0.4, 0.5) is 13.2 Å². The van der Waals surface area contributed by atoms with Crippen molar-refractivity contribution in [2.75, 3.05) is 18.9 Å². The summed E-state index contributed by atoms with van der Waals surface area (Å²) in [5, 5.41) is 0.922. The first-order chi connectivity index (χ1) is 9.36. The third-order valence-electron chi connectivity index (χ3n) is 2.78. The number of alkyl halides is 4. The molecule has 0 aliphatic carbocycles. The lowest BCUT2D eigenvalue weighted by Gasteiger charge is -2.16. The summed E-state index contributed by atoms with van der Waals surface area (Å²) in [5.41, 5.74) is -0.824. The van der Waals surface area contributed by atoms with Crippen molar-refractivity contribution in [2.24, 2.45) is 0 Å². The Hall–Kier alpha value is -1.11. The molecule has 0 atom stereocenters. The second kappa shape index (κ2) is 7.61. The van der Waals surface area contributed by atoms with Gasteiger partial charge in [0, 0.05) is 25.1 Å². The number of halogens is 4. The molecular weight excluding hydrogens is 337 g/mol. The first-order valence-corrected chi connectivity index (χ1v) is 7.33. The maximum absolute atomic E-state index is 12.4. The number of hydrogen-bond donors (Lipinski definition) is 0. The average Bonchev–Trinajstić information content (AvgIpc) is 2.41. The maximum atomic E-state index is 12.4. The van der Waals surface area contributed by atoms with E-state index in [-0.39, 0.29) is 11.6 Å². The molecule has 0 aromatic carbocycles. The molecule has 20 heavy (non-hydrogen) atoms. The Kier molecular flexibility index (Phi) is 6.45. The summed E-state index contributed by atoms with van der Waals surface area (Å²) in [6.07, 6.45) is -0.875. The molecule has 1 aromatic heterocycles. The lowest BCUT2D eigenvalue weighted by Crippen LogP contribution is -2.28. The van der Waals surface area contributed by atoms with Gasteiger partial charge in [-0.25, -0.2) is 0 Å². The van der Waals surface area contributed by atoms with E-state index in [1.165, 1.54) is 4.90 Å². The third kappa shape index (κ3) is 5.11. The minimum absolute atomic E-state index is 0.0287. The zero-order valence-electron chi connectivity index (χ0n) is 11.1. The number of aromatic nitrogens is 1. The molecule has 0 saturated carbocycles. The van der Waals surface area contributed by atoms with Gasteiger partial charge in [0.05, 0.1) is 5.56 Å². The fraction of sp³-hybridized carbons (Fsp3) is 0.538. The van der Waals surface area contributed by atoms with Crippen LogP contribution in [0.25, 0.3) is 0 Å². The van der Waals surface area contributed by atoms with Crippen molar-refractivity contribution in [3.63, 3.8) is 0 Å². The molecule has 7 heteroatoms. The van der Waals surface area contributed by atoms with Gasteiger partial charge in [0.15, 0.2) is 0 Å². The predicted octanol–water partition coefficient (Wildman–Crippen LogP) is 3.74. The number of carbonyl (C=O) groups excluding carboxylic acids is 1. The van der Waals surface area contributed by atoms with Gasteiger partial charge in [0.25, 0.3) is 5.91 Å². The van der Waals surface area contributed by atoms with Gasteiger partial charge in [-0.2, -0.15) is 13.2 Å². The van der Waals surface area contributed by atoms with E-state index in [4.69, 9.17) is 0 Å². The molecule has 0 fully saturated rings. The first-order valence-electron chi connectivity index (χ1n) is 6.21. The standard InChI is InChI=1S/C13H16BrF3N2O/c1-19(8-4-2-3-7-14)12(20)11-6-5-10(9-18-11)13(15,16)17/h5-6,9H,2-4,7-8H2,1H3. The number of hydrogen-bond acceptors (Lipinski definition) is 2. The number of unbranched alkanes of at least 4 members (excludes halogenated alkanes) is 2. The maximum Gasteiger partial charge on any atom is 0.417 e. The molecular formula is C13H16BrF3N2O. The van der Waals surface area contributed by atoms with Crippen LogP contribution in [0.1, 0.15) is 35.3 Å². The highest BCUT2D eigenvalue weighted by atomic mass is 79.9. The van der Waals surface area contributed by atoms with Crippen molar-refractivity contribution in [3.05, 3.63) is 29.6 Å². The quantitative estimate of drug-likeness (QED) is 0.577. The monoisotopic (exact) mass is 352 g/mol. The highest BCUT2D eigenvalue weighted by Crippen LogP contribution is 2.28. The van der Waals surface area contributed by atoms with Gasteiger partial charge < -0.3 is 4.90 Å². The summed E-state index contributed by atoms with van der Waals surface area (Å²) >= 11 is 3.32. The van der Waals surface area contributed by atoms with Crippen molar-refractivity contribution in [1.29, 1.82) is 0 Å². The molecule has 1 amide bonds. The van der Waals surface area contributed by atoms with Crippen LogP contribution in [-0.2, 0) is 6.18 Å². The fourth-order valence-corrected chi connectivity index (χ4v) is 2.00. The molecule has 1 heterocycles. The smallest absolute Gasteiger partial charge is 0.340 e. The van der Waals surface area contributed by atoms with Crippen molar-refractivity contribution < 1.29 is 18.0 Å². The van der Waals surface area contributed by atoms with E-state index in [9.17, 15) is 18.0 Å². The van der Waals surface area contributed by atoms with Gasteiger partial charge in [-0.15, -0.1) is 0 Å². The van der Waals surface area contributed by atoms with E-state index in [2.05, 4.69) is 20.9 Å². The van der Waals surface area contributed by atoms with Crippen LogP contribution in [0.5, 0.6) is 0 Å². The summed E-state index contributed by atoms with van der Waals surface area (Å²) in [6.45, 7) is 0.564. The number of nitrogens with zero attached hydrogens (tertiary/aromatic N) is 2. The average molecular weight is 353 g/mol. The van der Waals surface area contributed by atoms with Gasteiger partial charge in [0.2, 0.25) is 0 Å². The number of amides is 1. The molecule has 1 aromatic rings. The van der Waals surface area contributed by atoms with Crippen molar-refractivity contribution in [3.8, 4) is 0 Å². The Bertz CT molecular complexity index is 434. The Morgan fingerprint density at radius 1 is 1.30 bits per heavy atom. The Balaban J connectivity index is 2.59. The van der Waals surface area contributed by atoms with Gasteiger partial charge in [-0.3, -0.25) is 9.78 Å². The number of pyridine rings is 1. The zero-order chi connectivity index (χ0) is 15.2. The van der Waals surface area contributed by atoms with E-state index >= 15 is 0 Å². The van der Waals surface area contributed by atoms with Gasteiger partial charge in [0.1, 0.15) is 5.69 Å². The first kappa shape index (κ1) is 16.9. The van der Waals surface area contributed by atoms with Crippen molar-refractivity contribution >= 4 is 21.8 Å². The zero-order valence-corrected chi connectivity index (χ0v) is 12.7. The second-order valence-corrected chi connectivity index (χ2v) is 5.20. The summed E-state index contributed by atoms with van der Waals surface area (Å²) in [5.74, 6) is -0.363. The summed E-state index contributed by atoms with van der Waals surface area (Å²) in [7, 11) is 1.62. The molecule has 0 spiro atoms. The summed E-state index contributed by atoms with van der Waals surface area (Å²) in [4.78, 5) is 17.0. The van der Waals surface area contributed by atoms with Crippen LogP contribution in [0, 0.1) is 0 Å². The second-order valence-electron chi connectivity index (χ2n) is 4.41. The largest absolute Gasteiger partial charge is 0.417 e. The molecule has 0 N–H and O–H groups in total. The molecule has 0 bridgehead atoms. The van der Waals surface area contributed by atoms with E-state index in [0.717, 1.165) is 36.7 Å². The number of rotatable bonds is 6. The Morgan fingerprint density at radius 2 is 2.00 bits per heavy atom. The van der Waals surface area contributed by atoms with Crippen LogP contribution in [-0.4, -0.2) is 34.7 Å². The van der Waals surface area contributed by atoms with Crippen LogP contribution in [0.2, 0.25) is 0 Å². The molecule has 0 radical (unpaired) electrons. The lowest BCUT2D eigenvalue weighted by atomic mass is 10.2. The van der Waals surface area contributed by atoms with E-state index in [1.807, 2.05) is 0 Å². The molecule has 3 nitrogen and oxygen atoms in total. The molecule has 0 unspecified atom stereocenters. The van der Waals surface area contributed by atoms with Gasteiger partial charge in [-0.1, -0.05) is 22.4 Å². The van der Waals surface area contributed by atoms with Crippen LogP contribution in [0.3, 0.4) is 0 Å². The highest BCUT2D eigenvalue weighted by molar-refractivity contribution is 9.09.